The lowest BCUT2D eigenvalue weighted by molar-refractivity contribution is -0.117. The van der Waals surface area contributed by atoms with Crippen LogP contribution in [0.25, 0.3) is 21.4 Å². The molecule has 29 heavy (non-hydrogen) atoms. The van der Waals surface area contributed by atoms with Gasteiger partial charge in [0.2, 0.25) is 0 Å². The van der Waals surface area contributed by atoms with Gasteiger partial charge >= 0.3 is 5.63 Å². The lowest BCUT2D eigenvalue weighted by Gasteiger charge is -2.26. The van der Waals surface area contributed by atoms with Gasteiger partial charge in [-0.2, -0.15) is 0 Å². The predicted molar refractivity (Wildman–Crippen MR) is 109 cm³/mol. The molecule has 0 aliphatic carbocycles. The monoisotopic (exact) mass is 419 g/mol. The number of aliphatic hydroxyl groups is 4. The molecule has 0 bridgehead atoms. The Kier molecular flexibility index (Phi) is 6.46. The topological polar surface area (TPSA) is 140 Å². The van der Waals surface area contributed by atoms with Crippen LogP contribution in [0.5, 0.6) is 0 Å². The zero-order valence-electron chi connectivity index (χ0n) is 15.5. The highest BCUT2D eigenvalue weighted by molar-refractivity contribution is 7.13. The highest BCUT2D eigenvalue weighted by Gasteiger charge is 2.31. The summed E-state index contributed by atoms with van der Waals surface area (Å²) in [5.41, 5.74) is 1.44. The number of carbonyl (C=O) groups is 1. The molecule has 0 aliphatic heterocycles. The molecule has 0 radical (unpaired) electrons. The van der Waals surface area contributed by atoms with Gasteiger partial charge in [-0.05, 0) is 36.1 Å². The van der Waals surface area contributed by atoms with Gasteiger partial charge in [-0.1, -0.05) is 6.07 Å². The van der Waals surface area contributed by atoms with E-state index in [9.17, 15) is 24.9 Å². The van der Waals surface area contributed by atoms with Crippen LogP contribution in [0.1, 0.15) is 5.56 Å². The van der Waals surface area contributed by atoms with Gasteiger partial charge in [-0.15, -0.1) is 11.3 Å². The highest BCUT2D eigenvalue weighted by Crippen LogP contribution is 2.30. The molecule has 0 unspecified atom stereocenters. The lowest BCUT2D eigenvalue weighted by atomic mass is 10.0. The Morgan fingerprint density at radius 2 is 1.97 bits per heavy atom. The summed E-state index contributed by atoms with van der Waals surface area (Å²) < 4.78 is 5.45. The van der Waals surface area contributed by atoms with Crippen LogP contribution in [0, 0.1) is 6.92 Å². The zero-order chi connectivity index (χ0) is 21.1. The zero-order valence-corrected chi connectivity index (χ0v) is 16.3. The third kappa shape index (κ3) is 4.24. The summed E-state index contributed by atoms with van der Waals surface area (Å²) in [6, 6.07) is 7.31. The van der Waals surface area contributed by atoms with Crippen molar-refractivity contribution >= 4 is 34.3 Å². The third-order valence-electron chi connectivity index (χ3n) is 4.71. The molecule has 1 aromatic carbocycles. The van der Waals surface area contributed by atoms with Gasteiger partial charge < -0.3 is 35.0 Å². The first-order chi connectivity index (χ1) is 13.9. The van der Waals surface area contributed by atoms with E-state index < -0.39 is 36.6 Å². The number of aryl methyl sites for hydroxylation is 1. The Labute approximate surface area is 169 Å². The van der Waals surface area contributed by atoms with Gasteiger partial charge in [0.25, 0.3) is 0 Å². The summed E-state index contributed by atoms with van der Waals surface area (Å²) in [4.78, 5) is 24.7. The van der Waals surface area contributed by atoms with Crippen LogP contribution in [0.4, 0.5) is 5.69 Å². The molecule has 154 valence electrons. The van der Waals surface area contributed by atoms with Crippen LogP contribution in [0.2, 0.25) is 0 Å². The second-order valence-corrected chi connectivity index (χ2v) is 7.56. The molecule has 0 aliphatic rings. The fraction of sp³-hybridized carbons (Fsp3) is 0.300. The molecule has 0 fully saturated rings. The minimum atomic E-state index is -1.73. The van der Waals surface area contributed by atoms with Crippen LogP contribution in [-0.4, -0.2) is 57.7 Å². The summed E-state index contributed by atoms with van der Waals surface area (Å²) in [5.74, 6) is 0. The van der Waals surface area contributed by atoms with E-state index in [1.165, 1.54) is 17.4 Å². The smallest absolute Gasteiger partial charge is 0.345 e. The maximum absolute atomic E-state index is 12.5. The number of carbonyl (C=O) groups excluding carboxylic acids is 1. The normalized spacial score (nSPS) is 15.6. The number of rotatable bonds is 8. The molecule has 0 spiro atoms. The van der Waals surface area contributed by atoms with Gasteiger partial charge in [-0.3, -0.25) is 0 Å². The minimum Gasteiger partial charge on any atom is -0.422 e. The van der Waals surface area contributed by atoms with E-state index in [0.29, 0.717) is 23.1 Å². The quantitative estimate of drug-likeness (QED) is 0.268. The van der Waals surface area contributed by atoms with Crippen molar-refractivity contribution in [2.45, 2.75) is 31.3 Å². The first kappa shape index (κ1) is 21.2. The molecular formula is C20H21NO7S. The summed E-state index contributed by atoms with van der Waals surface area (Å²) in [7, 11) is 0. The molecule has 9 heteroatoms. The van der Waals surface area contributed by atoms with Gasteiger partial charge in [0, 0.05) is 22.0 Å². The largest absolute Gasteiger partial charge is 0.422 e. The van der Waals surface area contributed by atoms with E-state index >= 15 is 0 Å². The number of fused-ring (bicyclic) bond motifs is 1. The Morgan fingerprint density at radius 1 is 1.21 bits per heavy atom. The van der Waals surface area contributed by atoms with E-state index in [1.54, 1.807) is 12.1 Å². The number of hydrogen-bond donors (Lipinski definition) is 5. The highest BCUT2D eigenvalue weighted by atomic mass is 32.1. The molecule has 0 saturated carbocycles. The maximum Gasteiger partial charge on any atom is 0.345 e. The Bertz CT molecular complexity index is 1050. The van der Waals surface area contributed by atoms with Gasteiger partial charge in [0.15, 0.2) is 0 Å². The number of nitrogens with one attached hydrogen (secondary N) is 1. The van der Waals surface area contributed by atoms with Crippen LogP contribution in [0.3, 0.4) is 0 Å². The fourth-order valence-corrected chi connectivity index (χ4v) is 3.91. The Morgan fingerprint density at radius 3 is 2.59 bits per heavy atom. The van der Waals surface area contributed by atoms with E-state index in [1.807, 2.05) is 24.4 Å². The second-order valence-electron chi connectivity index (χ2n) is 6.62. The Hall–Kier alpha value is -2.56. The fourth-order valence-electron chi connectivity index (χ4n) is 3.09. The lowest BCUT2D eigenvalue weighted by Crippen LogP contribution is -2.49. The van der Waals surface area contributed by atoms with Crippen molar-refractivity contribution in [3.8, 4) is 10.4 Å². The maximum atomic E-state index is 12.5. The van der Waals surface area contributed by atoms with Gasteiger partial charge in [0.1, 0.15) is 36.2 Å². The molecule has 4 atom stereocenters. The van der Waals surface area contributed by atoms with Crippen molar-refractivity contribution in [2.24, 2.45) is 0 Å². The summed E-state index contributed by atoms with van der Waals surface area (Å²) in [5, 5.41) is 43.6. The molecule has 0 saturated heterocycles. The summed E-state index contributed by atoms with van der Waals surface area (Å²) >= 11 is 1.44. The van der Waals surface area contributed by atoms with Crippen LogP contribution < -0.4 is 10.9 Å². The minimum absolute atomic E-state index is 0.299. The van der Waals surface area contributed by atoms with Crippen LogP contribution in [-0.2, 0) is 4.79 Å². The third-order valence-corrected chi connectivity index (χ3v) is 5.60. The number of thiophene rings is 1. The second kappa shape index (κ2) is 8.85. The molecule has 2 aromatic heterocycles. The number of anilines is 1. The van der Waals surface area contributed by atoms with E-state index in [2.05, 4.69) is 5.32 Å². The van der Waals surface area contributed by atoms with E-state index in [-0.39, 0.29) is 0 Å². The standard InChI is InChI=1S/C20H21NO7S/c1-10-12-5-4-11(21-13(8-22)18(25)19(26)14(24)9-23)7-15(12)28-20(27)17(10)16-3-2-6-29-16/h2-8,13-14,18-19,21,23-26H,9H2,1H3/t13-,14+,18+,19+/m1/s1. The molecule has 2 heterocycles. The van der Waals surface area contributed by atoms with Crippen molar-refractivity contribution in [3.05, 3.63) is 51.7 Å². The van der Waals surface area contributed by atoms with Gasteiger partial charge in [0.05, 0.1) is 12.2 Å². The summed E-state index contributed by atoms with van der Waals surface area (Å²) in [6.45, 7) is 1.06. The molecule has 3 aromatic rings. The molecule has 0 amide bonds. The SMILES string of the molecule is Cc1c(-c2cccs2)c(=O)oc2cc(N[C@H](C=O)[C@H](O)[C@@H](O)[C@@H](O)CO)ccc12. The average Bonchev–Trinajstić information content (AvgIpc) is 3.24. The van der Waals surface area contributed by atoms with Gasteiger partial charge in [-0.25, -0.2) is 4.79 Å². The van der Waals surface area contributed by atoms with Crippen molar-refractivity contribution in [3.63, 3.8) is 0 Å². The summed E-state index contributed by atoms with van der Waals surface area (Å²) in [6.07, 6.45) is -4.61. The van der Waals surface area contributed by atoms with Crippen LogP contribution >= 0.6 is 11.3 Å². The van der Waals surface area contributed by atoms with Crippen molar-refractivity contribution in [1.82, 2.24) is 0 Å². The number of aldehydes is 1. The number of aliphatic hydroxyl groups excluding tert-OH is 4. The molecular weight excluding hydrogens is 398 g/mol. The average molecular weight is 419 g/mol. The number of hydrogen-bond acceptors (Lipinski definition) is 9. The molecule has 8 nitrogen and oxygen atoms in total. The first-order valence-electron chi connectivity index (χ1n) is 8.85. The van der Waals surface area contributed by atoms with E-state index in [4.69, 9.17) is 9.52 Å². The first-order valence-corrected chi connectivity index (χ1v) is 9.73. The van der Waals surface area contributed by atoms with Crippen molar-refractivity contribution in [2.75, 3.05) is 11.9 Å². The van der Waals surface area contributed by atoms with E-state index in [0.717, 1.165) is 15.8 Å². The van der Waals surface area contributed by atoms with Crippen molar-refractivity contribution < 1.29 is 29.6 Å². The predicted octanol–water partition coefficient (Wildman–Crippen LogP) is 0.884. The number of benzene rings is 1. The van der Waals surface area contributed by atoms with Crippen molar-refractivity contribution in [1.29, 1.82) is 0 Å². The molecule has 5 N–H and O–H groups in total. The Balaban J connectivity index is 1.93. The van der Waals surface area contributed by atoms with Crippen LogP contribution in [0.15, 0.2) is 44.9 Å². The molecule has 3 rings (SSSR count).